The van der Waals surface area contributed by atoms with Crippen LogP contribution in [0.5, 0.6) is 0 Å². The summed E-state index contributed by atoms with van der Waals surface area (Å²) in [5.41, 5.74) is 0. The minimum absolute atomic E-state index is 0.0227. The van der Waals surface area contributed by atoms with Crippen molar-refractivity contribution in [2.75, 3.05) is 20.3 Å². The number of carbonyl (C=O) groups is 1. The van der Waals surface area contributed by atoms with Gasteiger partial charge in [0.25, 0.3) is 0 Å². The van der Waals surface area contributed by atoms with E-state index in [4.69, 9.17) is 27.2 Å². The predicted molar refractivity (Wildman–Crippen MR) is 197 cm³/mol. The highest BCUT2D eigenvalue weighted by Gasteiger charge is 2.53. The molecule has 0 fully saturated rings. The number of methoxy groups -OCH3 is 1. The standard InChI is InChI=1S/C33H74O7Si4/c1-25(34)36-24-27(38-42(17,18)31(5,6)7)29(40-44(21,22)33(11,12)13)28(39-43(19,20)32(8,9)10)26(23-35-14)37-41(15,16)30(2,3)4/h26-29H,23-24H2,1-22H3/t26-,27-,28-,29-/m1/s1. The number of carbonyl (C=O) groups excluding carboxylic acids is 1. The van der Waals surface area contributed by atoms with E-state index in [1.807, 2.05) is 0 Å². The van der Waals surface area contributed by atoms with E-state index in [0.29, 0.717) is 6.61 Å². The van der Waals surface area contributed by atoms with Gasteiger partial charge in [-0.15, -0.1) is 0 Å². The lowest BCUT2D eigenvalue weighted by atomic mass is 10.0. The van der Waals surface area contributed by atoms with Crippen LogP contribution in [0.15, 0.2) is 0 Å². The molecule has 0 heterocycles. The van der Waals surface area contributed by atoms with Gasteiger partial charge in [0.15, 0.2) is 33.3 Å². The third-order valence-corrected chi connectivity index (χ3v) is 28.8. The summed E-state index contributed by atoms with van der Waals surface area (Å²) in [6, 6.07) is 0. The smallest absolute Gasteiger partial charge is 0.302 e. The zero-order valence-corrected chi connectivity index (χ0v) is 37.1. The lowest BCUT2D eigenvalue weighted by Crippen LogP contribution is -2.63. The topological polar surface area (TPSA) is 72.5 Å². The highest BCUT2D eigenvalue weighted by Crippen LogP contribution is 2.45. The monoisotopic (exact) mass is 694 g/mol. The Hall–Kier alpha value is 0.138. The van der Waals surface area contributed by atoms with Crippen molar-refractivity contribution >= 4 is 39.2 Å². The minimum atomic E-state index is -2.41. The van der Waals surface area contributed by atoms with Crippen molar-refractivity contribution in [3.05, 3.63) is 0 Å². The van der Waals surface area contributed by atoms with Gasteiger partial charge in [0, 0.05) is 14.0 Å². The fourth-order valence-corrected chi connectivity index (χ4v) is 8.87. The summed E-state index contributed by atoms with van der Waals surface area (Å²) in [4.78, 5) is 12.3. The van der Waals surface area contributed by atoms with Crippen molar-refractivity contribution < 1.29 is 32.0 Å². The minimum Gasteiger partial charge on any atom is -0.463 e. The third-order valence-electron chi connectivity index (χ3n) is 10.8. The Morgan fingerprint density at radius 1 is 0.500 bits per heavy atom. The molecule has 0 aliphatic rings. The van der Waals surface area contributed by atoms with E-state index in [-0.39, 0.29) is 32.7 Å². The maximum atomic E-state index is 12.3. The van der Waals surface area contributed by atoms with Crippen molar-refractivity contribution in [2.24, 2.45) is 0 Å². The van der Waals surface area contributed by atoms with Gasteiger partial charge >= 0.3 is 5.97 Å². The average Bonchev–Trinajstić information content (AvgIpc) is 2.75. The Bertz CT molecular complexity index is 907. The molecule has 0 spiro atoms. The summed E-state index contributed by atoms with van der Waals surface area (Å²) in [5.74, 6) is -0.340. The summed E-state index contributed by atoms with van der Waals surface area (Å²) < 4.78 is 40.9. The Morgan fingerprint density at radius 2 is 0.750 bits per heavy atom. The first-order valence-corrected chi connectivity index (χ1v) is 28.1. The molecule has 0 saturated carbocycles. The maximum Gasteiger partial charge on any atom is 0.302 e. The molecule has 264 valence electrons. The van der Waals surface area contributed by atoms with Gasteiger partial charge in [-0.3, -0.25) is 4.79 Å². The van der Waals surface area contributed by atoms with Gasteiger partial charge in [-0.05, 0) is 72.5 Å². The van der Waals surface area contributed by atoms with E-state index in [1.54, 1.807) is 7.11 Å². The van der Waals surface area contributed by atoms with Gasteiger partial charge < -0.3 is 27.2 Å². The van der Waals surface area contributed by atoms with Gasteiger partial charge in [-0.1, -0.05) is 83.1 Å². The Balaban J connectivity index is 7.76. The molecule has 0 aromatic heterocycles. The largest absolute Gasteiger partial charge is 0.463 e. The van der Waals surface area contributed by atoms with E-state index < -0.39 is 57.7 Å². The van der Waals surface area contributed by atoms with Crippen LogP contribution in [0, 0.1) is 0 Å². The molecule has 11 heteroatoms. The first-order chi connectivity index (χ1) is 19.1. The SMILES string of the molecule is COC[C@@H](O[Si](C)(C)C(C)(C)C)[C@@H](O[Si](C)(C)C(C)(C)C)[C@H](O[Si](C)(C)C(C)(C)C)[C@@H](COC(C)=O)O[Si](C)(C)C(C)(C)C. The molecule has 0 aromatic carbocycles. The van der Waals surface area contributed by atoms with Crippen LogP contribution < -0.4 is 0 Å². The number of ether oxygens (including phenoxy) is 2. The Labute approximate surface area is 277 Å². The van der Waals surface area contributed by atoms with Crippen LogP contribution in [0.1, 0.15) is 90.0 Å². The van der Waals surface area contributed by atoms with E-state index >= 15 is 0 Å². The second kappa shape index (κ2) is 15.1. The molecule has 0 rings (SSSR count). The molecule has 0 radical (unpaired) electrons. The second-order valence-electron chi connectivity index (χ2n) is 18.8. The van der Waals surface area contributed by atoms with Gasteiger partial charge in [-0.25, -0.2) is 0 Å². The molecule has 0 amide bonds. The first-order valence-electron chi connectivity index (χ1n) is 16.5. The highest BCUT2D eigenvalue weighted by molar-refractivity contribution is 6.75. The summed E-state index contributed by atoms with van der Waals surface area (Å²) in [6.07, 6.45) is -2.02. The van der Waals surface area contributed by atoms with Crippen LogP contribution >= 0.6 is 0 Å². The number of hydrogen-bond acceptors (Lipinski definition) is 7. The molecular weight excluding hydrogens is 621 g/mol. The van der Waals surface area contributed by atoms with Crippen LogP contribution in [-0.4, -0.2) is 84.0 Å². The molecule has 0 saturated heterocycles. The molecule has 0 aliphatic carbocycles. The lowest BCUT2D eigenvalue weighted by molar-refractivity contribution is -0.150. The molecule has 0 unspecified atom stereocenters. The maximum absolute atomic E-state index is 12.3. The Morgan fingerprint density at radius 3 is 0.977 bits per heavy atom. The van der Waals surface area contributed by atoms with E-state index in [1.165, 1.54) is 6.92 Å². The van der Waals surface area contributed by atoms with E-state index in [9.17, 15) is 4.79 Å². The molecular formula is C33H74O7Si4. The van der Waals surface area contributed by atoms with Crippen molar-refractivity contribution in [1.29, 1.82) is 0 Å². The van der Waals surface area contributed by atoms with Crippen LogP contribution in [0.3, 0.4) is 0 Å². The Kier molecular flexibility index (Phi) is 15.2. The fraction of sp³-hybridized carbons (Fsp3) is 0.970. The molecule has 0 aliphatic heterocycles. The van der Waals surface area contributed by atoms with Gasteiger partial charge in [0.05, 0.1) is 18.8 Å². The van der Waals surface area contributed by atoms with Crippen molar-refractivity contribution in [3.8, 4) is 0 Å². The van der Waals surface area contributed by atoms with Crippen LogP contribution in [0.25, 0.3) is 0 Å². The van der Waals surface area contributed by atoms with Crippen LogP contribution in [-0.2, 0) is 32.0 Å². The van der Waals surface area contributed by atoms with Crippen molar-refractivity contribution in [3.63, 3.8) is 0 Å². The molecule has 0 aromatic rings. The number of esters is 1. The normalized spacial score (nSPS) is 17.7. The first kappa shape index (κ1) is 44.1. The van der Waals surface area contributed by atoms with Gasteiger partial charge in [-0.2, -0.15) is 0 Å². The average molecular weight is 695 g/mol. The van der Waals surface area contributed by atoms with Crippen LogP contribution in [0.4, 0.5) is 0 Å². The summed E-state index contributed by atoms with van der Waals surface area (Å²) in [6.45, 7) is 46.9. The molecule has 4 atom stereocenters. The number of rotatable bonds is 15. The lowest BCUT2D eigenvalue weighted by Gasteiger charge is -2.51. The molecule has 0 N–H and O–H groups in total. The van der Waals surface area contributed by atoms with E-state index in [2.05, 4.69) is 135 Å². The zero-order chi connectivity index (χ0) is 35.5. The van der Waals surface area contributed by atoms with Gasteiger partial charge in [0.2, 0.25) is 0 Å². The fourth-order valence-electron chi connectivity index (χ4n) is 3.61. The number of hydrogen-bond donors (Lipinski definition) is 0. The predicted octanol–water partition coefficient (Wildman–Crippen LogP) is 9.76. The summed E-state index contributed by atoms with van der Waals surface area (Å²) in [7, 11) is -7.72. The molecule has 0 bridgehead atoms. The van der Waals surface area contributed by atoms with Crippen molar-refractivity contribution in [2.45, 2.75) is 187 Å². The van der Waals surface area contributed by atoms with Gasteiger partial charge in [0.1, 0.15) is 18.8 Å². The molecule has 44 heavy (non-hydrogen) atoms. The summed E-state index contributed by atoms with van der Waals surface area (Å²) >= 11 is 0. The highest BCUT2D eigenvalue weighted by atomic mass is 28.4. The van der Waals surface area contributed by atoms with Crippen molar-refractivity contribution in [1.82, 2.24) is 0 Å². The third kappa shape index (κ3) is 12.3. The summed E-state index contributed by atoms with van der Waals surface area (Å²) in [5, 5.41) is -0.229. The zero-order valence-electron chi connectivity index (χ0n) is 33.1. The molecule has 7 nitrogen and oxygen atoms in total. The second-order valence-corrected chi connectivity index (χ2v) is 37.8. The quantitative estimate of drug-likeness (QED) is 0.125. The van der Waals surface area contributed by atoms with Crippen LogP contribution in [0.2, 0.25) is 72.5 Å². The van der Waals surface area contributed by atoms with E-state index in [0.717, 1.165) is 0 Å².